The molecule has 16 heavy (non-hydrogen) atoms. The minimum Gasteiger partial charge on any atom is -0.500 e. The molecule has 0 spiro atoms. The Morgan fingerprint density at radius 2 is 2.44 bits per heavy atom. The predicted octanol–water partition coefficient (Wildman–Crippen LogP) is 1.60. The fourth-order valence-electron chi connectivity index (χ4n) is 1.22. The van der Waals surface area contributed by atoms with E-state index in [9.17, 15) is 0 Å². The number of methoxy groups -OCH3 is 2. The SMILES string of the molecule is C=C=C(CN)COC1(OC)CC(OC)=CS1. The summed E-state index contributed by atoms with van der Waals surface area (Å²) in [7, 11) is 3.24. The van der Waals surface area contributed by atoms with Crippen LogP contribution in [0.2, 0.25) is 0 Å². The van der Waals surface area contributed by atoms with Gasteiger partial charge < -0.3 is 19.9 Å². The summed E-state index contributed by atoms with van der Waals surface area (Å²) >= 11 is 1.45. The van der Waals surface area contributed by atoms with Crippen molar-refractivity contribution in [1.82, 2.24) is 0 Å². The molecule has 0 saturated carbocycles. The third kappa shape index (κ3) is 3.14. The zero-order valence-electron chi connectivity index (χ0n) is 9.62. The van der Waals surface area contributed by atoms with Gasteiger partial charge in [-0.05, 0) is 0 Å². The van der Waals surface area contributed by atoms with E-state index in [4.69, 9.17) is 19.9 Å². The van der Waals surface area contributed by atoms with Gasteiger partial charge in [-0.2, -0.15) is 0 Å². The Balaban J connectivity index is 2.54. The molecule has 0 radical (unpaired) electrons. The third-order valence-electron chi connectivity index (χ3n) is 2.30. The van der Waals surface area contributed by atoms with E-state index in [0.717, 1.165) is 11.3 Å². The second kappa shape index (κ2) is 6.13. The van der Waals surface area contributed by atoms with Gasteiger partial charge in [-0.3, -0.25) is 0 Å². The summed E-state index contributed by atoms with van der Waals surface area (Å²) in [5.74, 6) is 0.851. The first-order chi connectivity index (χ1) is 7.69. The molecule has 0 amide bonds. The highest BCUT2D eigenvalue weighted by atomic mass is 32.2. The van der Waals surface area contributed by atoms with Crippen LogP contribution in [0.5, 0.6) is 0 Å². The zero-order chi connectivity index (χ0) is 12.0. The van der Waals surface area contributed by atoms with Gasteiger partial charge in [0.25, 0.3) is 0 Å². The Morgan fingerprint density at radius 1 is 1.69 bits per heavy atom. The van der Waals surface area contributed by atoms with Crippen LogP contribution in [-0.2, 0) is 14.2 Å². The Morgan fingerprint density at radius 3 is 2.88 bits per heavy atom. The highest BCUT2D eigenvalue weighted by molar-refractivity contribution is 8.03. The van der Waals surface area contributed by atoms with Crippen molar-refractivity contribution in [2.24, 2.45) is 5.73 Å². The van der Waals surface area contributed by atoms with Crippen LogP contribution in [0.25, 0.3) is 0 Å². The molecule has 0 aliphatic carbocycles. The number of hydrogen-bond acceptors (Lipinski definition) is 5. The van der Waals surface area contributed by atoms with Gasteiger partial charge in [0.05, 0.1) is 20.1 Å². The maximum atomic E-state index is 5.70. The monoisotopic (exact) mass is 243 g/mol. The van der Waals surface area contributed by atoms with Crippen molar-refractivity contribution < 1.29 is 14.2 Å². The van der Waals surface area contributed by atoms with Crippen LogP contribution < -0.4 is 5.73 Å². The van der Waals surface area contributed by atoms with Gasteiger partial charge >= 0.3 is 0 Å². The Kier molecular flexibility index (Phi) is 5.12. The number of rotatable bonds is 6. The summed E-state index contributed by atoms with van der Waals surface area (Å²) in [4.78, 5) is 0. The normalized spacial score (nSPS) is 23.8. The molecule has 1 unspecified atom stereocenters. The molecular formula is C11H17NO3S. The highest BCUT2D eigenvalue weighted by Crippen LogP contribution is 2.42. The minimum absolute atomic E-state index is 0.367. The second-order valence-corrected chi connectivity index (χ2v) is 4.34. The van der Waals surface area contributed by atoms with Gasteiger partial charge in [0.2, 0.25) is 5.12 Å². The first kappa shape index (κ1) is 13.4. The molecule has 1 heterocycles. The first-order valence-electron chi connectivity index (χ1n) is 4.87. The van der Waals surface area contributed by atoms with E-state index in [0.29, 0.717) is 19.6 Å². The Bertz CT molecular complexity index is 323. The number of hydrogen-bond donors (Lipinski definition) is 1. The Hall–Kier alpha value is -0.710. The molecule has 90 valence electrons. The Labute approximate surface area is 100 Å². The molecule has 1 aliphatic rings. The van der Waals surface area contributed by atoms with Crippen LogP contribution in [0, 0.1) is 0 Å². The molecule has 0 bridgehead atoms. The van der Waals surface area contributed by atoms with Crippen molar-refractivity contribution in [3.05, 3.63) is 29.1 Å². The fourth-order valence-corrected chi connectivity index (χ4v) is 2.16. The highest BCUT2D eigenvalue weighted by Gasteiger charge is 2.38. The topological polar surface area (TPSA) is 53.7 Å². The number of ether oxygens (including phenoxy) is 3. The van der Waals surface area contributed by atoms with Crippen LogP contribution in [0.3, 0.4) is 0 Å². The number of nitrogens with two attached hydrogens (primary N) is 1. The molecule has 1 aliphatic heterocycles. The largest absolute Gasteiger partial charge is 0.500 e. The predicted molar refractivity (Wildman–Crippen MR) is 64.7 cm³/mol. The summed E-state index contributed by atoms with van der Waals surface area (Å²) < 4.78 is 16.2. The third-order valence-corrected chi connectivity index (χ3v) is 3.47. The van der Waals surface area contributed by atoms with Crippen molar-refractivity contribution >= 4 is 11.8 Å². The molecular weight excluding hydrogens is 226 g/mol. The van der Waals surface area contributed by atoms with E-state index in [-0.39, 0.29) is 0 Å². The van der Waals surface area contributed by atoms with Crippen molar-refractivity contribution in [3.8, 4) is 0 Å². The second-order valence-electron chi connectivity index (χ2n) is 3.24. The lowest BCUT2D eigenvalue weighted by atomic mass is 10.3. The summed E-state index contributed by atoms with van der Waals surface area (Å²) in [6, 6.07) is 0. The lowest BCUT2D eigenvalue weighted by Crippen LogP contribution is -2.30. The molecule has 0 fully saturated rings. The van der Waals surface area contributed by atoms with E-state index in [1.807, 2.05) is 5.41 Å². The van der Waals surface area contributed by atoms with E-state index < -0.39 is 5.12 Å². The van der Waals surface area contributed by atoms with Crippen LogP contribution in [-0.4, -0.2) is 32.5 Å². The van der Waals surface area contributed by atoms with Crippen LogP contribution in [0.1, 0.15) is 6.42 Å². The quantitative estimate of drug-likeness (QED) is 0.567. The average Bonchev–Trinajstić information content (AvgIpc) is 2.75. The van der Waals surface area contributed by atoms with E-state index in [2.05, 4.69) is 12.3 Å². The molecule has 1 rings (SSSR count). The van der Waals surface area contributed by atoms with E-state index in [1.165, 1.54) is 11.8 Å². The van der Waals surface area contributed by atoms with Gasteiger partial charge in [-0.15, -0.1) is 5.73 Å². The summed E-state index contributed by atoms with van der Waals surface area (Å²) in [6.45, 7) is 4.30. The van der Waals surface area contributed by atoms with Gasteiger partial charge in [0.1, 0.15) is 5.76 Å². The van der Waals surface area contributed by atoms with Gasteiger partial charge in [-0.1, -0.05) is 18.3 Å². The van der Waals surface area contributed by atoms with Crippen LogP contribution in [0.4, 0.5) is 0 Å². The van der Waals surface area contributed by atoms with Gasteiger partial charge in [-0.25, -0.2) is 0 Å². The van der Waals surface area contributed by atoms with Crippen LogP contribution >= 0.6 is 11.8 Å². The summed E-state index contributed by atoms with van der Waals surface area (Å²) in [5.41, 5.74) is 9.07. The summed E-state index contributed by atoms with van der Waals surface area (Å²) in [5, 5.41) is 1.19. The number of thioether (sulfide) groups is 1. The molecule has 2 N–H and O–H groups in total. The van der Waals surface area contributed by atoms with Crippen molar-refractivity contribution in [1.29, 1.82) is 0 Å². The first-order valence-corrected chi connectivity index (χ1v) is 5.75. The molecule has 4 nitrogen and oxygen atoms in total. The van der Waals surface area contributed by atoms with Crippen molar-refractivity contribution in [2.45, 2.75) is 11.5 Å². The standard InChI is InChI=1S/C11H17NO3S/c1-4-9(6-12)7-15-11(14-3)5-10(13-2)8-16-11/h8H,1,5-7,12H2,2-3H3. The molecule has 1 atom stereocenters. The average molecular weight is 243 g/mol. The summed E-state index contributed by atoms with van der Waals surface area (Å²) in [6.07, 6.45) is 0.583. The molecule has 0 aromatic carbocycles. The van der Waals surface area contributed by atoms with E-state index in [1.54, 1.807) is 14.2 Å². The minimum atomic E-state index is -0.706. The van der Waals surface area contributed by atoms with Crippen molar-refractivity contribution in [2.75, 3.05) is 27.4 Å². The van der Waals surface area contributed by atoms with E-state index >= 15 is 0 Å². The smallest absolute Gasteiger partial charge is 0.229 e. The van der Waals surface area contributed by atoms with Crippen LogP contribution in [0.15, 0.2) is 29.1 Å². The van der Waals surface area contributed by atoms with Gasteiger partial charge in [0.15, 0.2) is 0 Å². The molecule has 0 saturated heterocycles. The molecule has 0 aromatic heterocycles. The lowest BCUT2D eigenvalue weighted by molar-refractivity contribution is -0.147. The maximum absolute atomic E-state index is 5.70. The maximum Gasteiger partial charge on any atom is 0.229 e. The zero-order valence-corrected chi connectivity index (χ0v) is 10.4. The van der Waals surface area contributed by atoms with Crippen molar-refractivity contribution in [3.63, 3.8) is 0 Å². The fraction of sp³-hybridized carbons (Fsp3) is 0.545. The lowest BCUT2D eigenvalue weighted by Gasteiger charge is -2.26. The molecule has 5 heteroatoms. The molecule has 0 aromatic rings. The van der Waals surface area contributed by atoms with Gasteiger partial charge in [0, 0.05) is 24.6 Å².